The number of nitrogens with zero attached hydrogens (tertiary/aromatic N) is 2. The molecular formula is C21H26N2O3S. The molecule has 5 nitrogen and oxygen atoms in total. The Balaban J connectivity index is 1.81. The zero-order chi connectivity index (χ0) is 19.6. The second kappa shape index (κ2) is 10.7. The molecule has 0 fully saturated rings. The van der Waals surface area contributed by atoms with Crippen molar-refractivity contribution >= 4 is 17.7 Å². The fourth-order valence-electron chi connectivity index (χ4n) is 2.42. The van der Waals surface area contributed by atoms with E-state index < -0.39 is 0 Å². The summed E-state index contributed by atoms with van der Waals surface area (Å²) < 4.78 is 7.05. The minimum absolute atomic E-state index is 0.177. The molecule has 144 valence electrons. The van der Waals surface area contributed by atoms with Crippen LogP contribution in [0.3, 0.4) is 0 Å². The minimum Gasteiger partial charge on any atom is -0.462 e. The summed E-state index contributed by atoms with van der Waals surface area (Å²) in [4.78, 5) is 27.5. The van der Waals surface area contributed by atoms with Crippen molar-refractivity contribution in [2.75, 3.05) is 12.4 Å². The lowest BCUT2D eigenvalue weighted by atomic mass is 10.2. The predicted molar refractivity (Wildman–Crippen MR) is 110 cm³/mol. The highest BCUT2D eigenvalue weighted by molar-refractivity contribution is 7.99. The lowest BCUT2D eigenvalue weighted by molar-refractivity contribution is -0.139. The topological polar surface area (TPSA) is 61.2 Å². The molecular weight excluding hydrogens is 360 g/mol. The first kappa shape index (κ1) is 21.0. The van der Waals surface area contributed by atoms with Gasteiger partial charge in [-0.1, -0.05) is 49.4 Å². The van der Waals surface area contributed by atoms with Gasteiger partial charge in [0.2, 0.25) is 0 Å². The Morgan fingerprint density at radius 2 is 1.89 bits per heavy atom. The van der Waals surface area contributed by atoms with Crippen LogP contribution in [0.25, 0.3) is 5.69 Å². The van der Waals surface area contributed by atoms with Gasteiger partial charge in [0.25, 0.3) is 5.56 Å². The molecule has 1 heterocycles. The highest BCUT2D eigenvalue weighted by Crippen LogP contribution is 2.21. The summed E-state index contributed by atoms with van der Waals surface area (Å²) in [5.41, 5.74) is 1.88. The molecule has 6 heteroatoms. The lowest BCUT2D eigenvalue weighted by Crippen LogP contribution is -2.16. The highest BCUT2D eigenvalue weighted by Gasteiger charge is 2.08. The standard InChI is InChI=1S/C21H26N2O3S/c1-16(2)20(25)26-13-9-4-5-10-14-27-21-22-19(24)17(3)15-23(21)18-11-7-6-8-12-18/h6-8,11-12,15H,1,4-5,9-10,13-14H2,2-3H3. The maximum Gasteiger partial charge on any atom is 0.333 e. The number of thioether (sulfide) groups is 1. The molecule has 0 unspecified atom stereocenters. The molecule has 2 rings (SSSR count). The predicted octanol–water partition coefficient (Wildman–Crippen LogP) is 4.31. The molecule has 0 amide bonds. The van der Waals surface area contributed by atoms with E-state index in [1.807, 2.05) is 41.1 Å². The number of aromatic nitrogens is 2. The van der Waals surface area contributed by atoms with Gasteiger partial charge >= 0.3 is 5.97 Å². The summed E-state index contributed by atoms with van der Waals surface area (Å²) in [6.07, 6.45) is 5.75. The average molecular weight is 387 g/mol. The normalized spacial score (nSPS) is 10.6. The molecule has 0 aliphatic carbocycles. The fourth-order valence-corrected chi connectivity index (χ4v) is 3.39. The first-order chi connectivity index (χ1) is 13.0. The monoisotopic (exact) mass is 386 g/mol. The Morgan fingerprint density at radius 1 is 1.19 bits per heavy atom. The lowest BCUT2D eigenvalue weighted by Gasteiger charge is -2.12. The van der Waals surface area contributed by atoms with Crippen molar-refractivity contribution in [1.29, 1.82) is 0 Å². The third kappa shape index (κ3) is 6.71. The second-order valence-corrected chi connectivity index (χ2v) is 7.46. The molecule has 0 atom stereocenters. The summed E-state index contributed by atoms with van der Waals surface area (Å²) in [6, 6.07) is 9.91. The van der Waals surface area contributed by atoms with E-state index in [-0.39, 0.29) is 11.5 Å². The number of rotatable bonds is 10. The van der Waals surface area contributed by atoms with Gasteiger partial charge in [0, 0.05) is 28.8 Å². The van der Waals surface area contributed by atoms with E-state index in [1.54, 1.807) is 25.6 Å². The van der Waals surface area contributed by atoms with Crippen molar-refractivity contribution < 1.29 is 9.53 Å². The summed E-state index contributed by atoms with van der Waals surface area (Å²) in [5.74, 6) is 0.559. The van der Waals surface area contributed by atoms with Crippen molar-refractivity contribution in [2.24, 2.45) is 0 Å². The number of carbonyl (C=O) groups is 1. The Hall–Kier alpha value is -2.34. The smallest absolute Gasteiger partial charge is 0.333 e. The van der Waals surface area contributed by atoms with Crippen LogP contribution in [0.1, 0.15) is 38.2 Å². The Bertz CT molecular complexity index is 831. The van der Waals surface area contributed by atoms with Gasteiger partial charge in [0.05, 0.1) is 6.61 Å². The summed E-state index contributed by atoms with van der Waals surface area (Å²) in [5, 5.41) is 0.715. The summed E-state index contributed by atoms with van der Waals surface area (Å²) >= 11 is 1.59. The molecule has 1 aromatic carbocycles. The zero-order valence-electron chi connectivity index (χ0n) is 15.9. The average Bonchev–Trinajstić information content (AvgIpc) is 2.66. The van der Waals surface area contributed by atoms with Crippen LogP contribution in [0.4, 0.5) is 0 Å². The van der Waals surface area contributed by atoms with Crippen LogP contribution in [-0.4, -0.2) is 27.9 Å². The van der Waals surface area contributed by atoms with E-state index in [1.165, 1.54) is 0 Å². The SMILES string of the molecule is C=C(C)C(=O)OCCCCCCSc1nc(=O)c(C)cn1-c1ccccc1. The van der Waals surface area contributed by atoms with Gasteiger partial charge in [-0.3, -0.25) is 9.36 Å². The van der Waals surface area contributed by atoms with Crippen LogP contribution >= 0.6 is 11.8 Å². The van der Waals surface area contributed by atoms with Crippen LogP contribution in [0.2, 0.25) is 0 Å². The van der Waals surface area contributed by atoms with Gasteiger partial charge in [-0.25, -0.2) is 4.79 Å². The molecule has 0 spiro atoms. The highest BCUT2D eigenvalue weighted by atomic mass is 32.2. The molecule has 0 saturated heterocycles. The van der Waals surface area contributed by atoms with Crippen LogP contribution in [-0.2, 0) is 9.53 Å². The van der Waals surface area contributed by atoms with Gasteiger partial charge in [-0.05, 0) is 38.8 Å². The first-order valence-electron chi connectivity index (χ1n) is 9.10. The molecule has 0 aliphatic heterocycles. The summed E-state index contributed by atoms with van der Waals surface area (Å²) in [7, 11) is 0. The minimum atomic E-state index is -0.324. The van der Waals surface area contributed by atoms with Crippen LogP contribution in [0.5, 0.6) is 0 Å². The molecule has 0 saturated carbocycles. The number of hydrogen-bond donors (Lipinski definition) is 0. The number of para-hydroxylation sites is 1. The first-order valence-corrected chi connectivity index (χ1v) is 10.1. The Morgan fingerprint density at radius 3 is 2.59 bits per heavy atom. The molecule has 0 radical (unpaired) electrons. The van der Waals surface area contributed by atoms with E-state index in [0.717, 1.165) is 37.1 Å². The zero-order valence-corrected chi connectivity index (χ0v) is 16.8. The van der Waals surface area contributed by atoms with Crippen LogP contribution < -0.4 is 5.56 Å². The number of aryl methyl sites for hydroxylation is 1. The van der Waals surface area contributed by atoms with E-state index >= 15 is 0 Å². The number of hydrogen-bond acceptors (Lipinski definition) is 5. The van der Waals surface area contributed by atoms with Gasteiger partial charge in [-0.2, -0.15) is 4.98 Å². The second-order valence-electron chi connectivity index (χ2n) is 6.40. The van der Waals surface area contributed by atoms with Gasteiger partial charge in [0.15, 0.2) is 5.16 Å². The molecule has 0 N–H and O–H groups in total. The van der Waals surface area contributed by atoms with E-state index in [2.05, 4.69) is 11.6 Å². The van der Waals surface area contributed by atoms with Gasteiger partial charge in [0.1, 0.15) is 0 Å². The van der Waals surface area contributed by atoms with Crippen molar-refractivity contribution in [3.8, 4) is 5.69 Å². The summed E-state index contributed by atoms with van der Waals surface area (Å²) in [6.45, 7) is 7.42. The Labute approximate surface area is 164 Å². The van der Waals surface area contributed by atoms with Gasteiger partial charge in [-0.15, -0.1) is 0 Å². The molecule has 0 aliphatic rings. The molecule has 0 bridgehead atoms. The maximum absolute atomic E-state index is 11.9. The largest absolute Gasteiger partial charge is 0.462 e. The third-order valence-electron chi connectivity index (χ3n) is 3.95. The van der Waals surface area contributed by atoms with E-state index in [0.29, 0.717) is 22.9 Å². The number of benzene rings is 1. The fraction of sp³-hybridized carbons (Fsp3) is 0.381. The Kier molecular flexibility index (Phi) is 8.33. The molecule has 1 aromatic heterocycles. The number of carbonyl (C=O) groups excluding carboxylic acids is 1. The van der Waals surface area contributed by atoms with Crippen LogP contribution in [0.15, 0.2) is 58.6 Å². The van der Waals surface area contributed by atoms with Crippen molar-refractivity contribution in [3.05, 3.63) is 64.6 Å². The van der Waals surface area contributed by atoms with Crippen molar-refractivity contribution in [3.63, 3.8) is 0 Å². The number of ether oxygens (including phenoxy) is 1. The van der Waals surface area contributed by atoms with E-state index in [9.17, 15) is 9.59 Å². The van der Waals surface area contributed by atoms with Crippen molar-refractivity contribution in [1.82, 2.24) is 9.55 Å². The molecule has 2 aromatic rings. The number of esters is 1. The quantitative estimate of drug-likeness (QED) is 0.200. The van der Waals surface area contributed by atoms with Gasteiger partial charge < -0.3 is 4.74 Å². The van der Waals surface area contributed by atoms with Crippen LogP contribution in [0, 0.1) is 6.92 Å². The number of unbranched alkanes of at least 4 members (excludes halogenated alkanes) is 3. The third-order valence-corrected chi connectivity index (χ3v) is 4.99. The van der Waals surface area contributed by atoms with E-state index in [4.69, 9.17) is 4.74 Å². The maximum atomic E-state index is 11.9. The van der Waals surface area contributed by atoms with Crippen molar-refractivity contribution in [2.45, 2.75) is 44.7 Å². The molecule has 27 heavy (non-hydrogen) atoms.